The molecule has 3 nitrogen and oxygen atoms in total. The van der Waals surface area contributed by atoms with Crippen molar-refractivity contribution in [1.29, 1.82) is 0 Å². The number of carbonyl (C=O) groups excluding carboxylic acids is 1. The highest BCUT2D eigenvalue weighted by atomic mass is 16.5. The molecular formula is C18H21NO2. The number of hydrogen-bond donors (Lipinski definition) is 1. The van der Waals surface area contributed by atoms with Crippen molar-refractivity contribution in [3.63, 3.8) is 0 Å². The van der Waals surface area contributed by atoms with Gasteiger partial charge >= 0.3 is 0 Å². The third-order valence-corrected chi connectivity index (χ3v) is 3.46. The lowest BCUT2D eigenvalue weighted by Crippen LogP contribution is -2.27. The van der Waals surface area contributed by atoms with E-state index < -0.39 is 6.10 Å². The third-order valence-electron chi connectivity index (χ3n) is 3.46. The van der Waals surface area contributed by atoms with Crippen LogP contribution in [0.3, 0.4) is 0 Å². The Morgan fingerprint density at radius 3 is 2.62 bits per heavy atom. The zero-order valence-electron chi connectivity index (χ0n) is 12.7. The lowest BCUT2D eigenvalue weighted by Gasteiger charge is -2.18. The molecule has 3 heteroatoms. The van der Waals surface area contributed by atoms with Crippen LogP contribution in [0.25, 0.3) is 0 Å². The molecule has 1 unspecified atom stereocenters. The number of aryl methyl sites for hydroxylation is 2. The minimum absolute atomic E-state index is 0.0149. The molecule has 0 fully saturated rings. The van der Waals surface area contributed by atoms with Crippen LogP contribution in [0.1, 0.15) is 34.8 Å². The van der Waals surface area contributed by atoms with Crippen molar-refractivity contribution in [3.8, 4) is 5.75 Å². The van der Waals surface area contributed by atoms with Crippen molar-refractivity contribution in [2.75, 3.05) is 5.73 Å². The Balaban J connectivity index is 2.24. The fraction of sp³-hybridized carbons (Fsp3) is 0.278. The number of ether oxygens (including phenoxy) is 1. The van der Waals surface area contributed by atoms with Gasteiger partial charge in [-0.2, -0.15) is 0 Å². The van der Waals surface area contributed by atoms with Gasteiger partial charge in [-0.05, 0) is 44.0 Å². The molecule has 0 aromatic heterocycles. The number of rotatable bonds is 5. The predicted octanol–water partition coefficient (Wildman–Crippen LogP) is 3.93. The molecule has 0 aliphatic heterocycles. The van der Waals surface area contributed by atoms with E-state index in [9.17, 15) is 4.79 Å². The van der Waals surface area contributed by atoms with Crippen molar-refractivity contribution in [1.82, 2.24) is 0 Å². The van der Waals surface area contributed by atoms with Crippen molar-refractivity contribution in [2.45, 2.75) is 33.3 Å². The molecule has 0 radical (unpaired) electrons. The maximum absolute atomic E-state index is 12.7. The summed E-state index contributed by atoms with van der Waals surface area (Å²) in [5.74, 6) is 0.640. The third kappa shape index (κ3) is 3.63. The largest absolute Gasteiger partial charge is 0.482 e. The normalized spacial score (nSPS) is 12.0. The second kappa shape index (κ2) is 6.44. The Bertz CT molecular complexity index is 649. The fourth-order valence-corrected chi connectivity index (χ4v) is 2.25. The van der Waals surface area contributed by atoms with Crippen LogP contribution in [0, 0.1) is 13.8 Å². The number of nitrogen functional groups attached to an aromatic ring is 1. The summed E-state index contributed by atoms with van der Waals surface area (Å²) in [4.78, 5) is 12.7. The highest BCUT2D eigenvalue weighted by Crippen LogP contribution is 2.20. The van der Waals surface area contributed by atoms with Crippen LogP contribution < -0.4 is 10.5 Å². The predicted molar refractivity (Wildman–Crippen MR) is 85.8 cm³/mol. The summed E-state index contributed by atoms with van der Waals surface area (Å²) < 4.78 is 5.83. The Kier molecular flexibility index (Phi) is 4.63. The molecule has 1 atom stereocenters. The second-order valence-electron chi connectivity index (χ2n) is 5.27. The molecule has 0 aliphatic rings. The van der Waals surface area contributed by atoms with E-state index in [0.717, 1.165) is 16.7 Å². The molecule has 110 valence electrons. The van der Waals surface area contributed by atoms with Gasteiger partial charge in [0.15, 0.2) is 6.10 Å². The Hall–Kier alpha value is -2.29. The summed E-state index contributed by atoms with van der Waals surface area (Å²) in [5.41, 5.74) is 9.14. The van der Waals surface area contributed by atoms with E-state index >= 15 is 0 Å². The maximum Gasteiger partial charge on any atom is 0.203 e. The lowest BCUT2D eigenvalue weighted by atomic mass is 9.98. The van der Waals surface area contributed by atoms with Gasteiger partial charge in [-0.15, -0.1) is 0 Å². The Labute approximate surface area is 125 Å². The quantitative estimate of drug-likeness (QED) is 0.668. The van der Waals surface area contributed by atoms with Crippen molar-refractivity contribution < 1.29 is 9.53 Å². The topological polar surface area (TPSA) is 52.3 Å². The summed E-state index contributed by atoms with van der Waals surface area (Å²) >= 11 is 0. The summed E-state index contributed by atoms with van der Waals surface area (Å²) in [6, 6.07) is 13.1. The van der Waals surface area contributed by atoms with Gasteiger partial charge < -0.3 is 10.5 Å². The van der Waals surface area contributed by atoms with Gasteiger partial charge in [0, 0.05) is 17.3 Å². The van der Waals surface area contributed by atoms with Gasteiger partial charge in [0.1, 0.15) is 5.75 Å². The van der Waals surface area contributed by atoms with E-state index in [1.165, 1.54) is 0 Å². The molecule has 2 aromatic rings. The smallest absolute Gasteiger partial charge is 0.203 e. The summed E-state index contributed by atoms with van der Waals surface area (Å²) in [6.07, 6.45) is 0.119. The average Bonchev–Trinajstić information content (AvgIpc) is 2.46. The first kappa shape index (κ1) is 15.1. The number of ketones is 1. The molecule has 0 saturated carbocycles. The van der Waals surface area contributed by atoms with Crippen LogP contribution in [0.15, 0.2) is 42.5 Å². The highest BCUT2D eigenvalue weighted by molar-refractivity contribution is 6.01. The zero-order valence-corrected chi connectivity index (χ0v) is 12.7. The minimum Gasteiger partial charge on any atom is -0.482 e. The highest BCUT2D eigenvalue weighted by Gasteiger charge is 2.21. The van der Waals surface area contributed by atoms with Gasteiger partial charge in [-0.1, -0.05) is 30.7 Å². The first-order valence-corrected chi connectivity index (χ1v) is 7.15. The Morgan fingerprint density at radius 2 is 1.95 bits per heavy atom. The molecule has 2 aromatic carbocycles. The van der Waals surface area contributed by atoms with E-state index in [-0.39, 0.29) is 5.78 Å². The molecule has 0 aliphatic carbocycles. The van der Waals surface area contributed by atoms with Gasteiger partial charge in [0.2, 0.25) is 5.78 Å². The summed E-state index contributed by atoms with van der Waals surface area (Å²) in [5, 5.41) is 0. The molecule has 0 saturated heterocycles. The summed E-state index contributed by atoms with van der Waals surface area (Å²) in [7, 11) is 0. The molecule has 0 amide bonds. The minimum atomic E-state index is -0.493. The average molecular weight is 283 g/mol. The molecular weight excluding hydrogens is 262 g/mol. The fourth-order valence-electron chi connectivity index (χ4n) is 2.25. The van der Waals surface area contributed by atoms with Gasteiger partial charge in [0.25, 0.3) is 0 Å². The number of hydrogen-bond acceptors (Lipinski definition) is 3. The van der Waals surface area contributed by atoms with Gasteiger partial charge in [0.05, 0.1) is 0 Å². The standard InChI is InChI=1S/C18H21NO2/c1-4-17(21-15-7-5-6-14(19)11-15)18(20)16-10-12(2)8-9-13(16)3/h5-11,17H,4,19H2,1-3H3. The van der Waals surface area contributed by atoms with Gasteiger partial charge in [-0.25, -0.2) is 0 Å². The number of anilines is 1. The van der Waals surface area contributed by atoms with E-state index in [1.807, 2.05) is 51.1 Å². The van der Waals surface area contributed by atoms with E-state index in [0.29, 0.717) is 17.9 Å². The molecule has 2 N–H and O–H groups in total. The molecule has 0 heterocycles. The van der Waals surface area contributed by atoms with Crippen LogP contribution in [-0.2, 0) is 0 Å². The van der Waals surface area contributed by atoms with Crippen molar-refractivity contribution >= 4 is 11.5 Å². The van der Waals surface area contributed by atoms with E-state index in [2.05, 4.69) is 0 Å². The lowest BCUT2D eigenvalue weighted by molar-refractivity contribution is 0.0786. The van der Waals surface area contributed by atoms with Crippen LogP contribution in [0.2, 0.25) is 0 Å². The molecule has 2 rings (SSSR count). The molecule has 21 heavy (non-hydrogen) atoms. The van der Waals surface area contributed by atoms with Crippen molar-refractivity contribution in [2.24, 2.45) is 0 Å². The molecule has 0 spiro atoms. The van der Waals surface area contributed by atoms with Crippen LogP contribution >= 0.6 is 0 Å². The first-order chi connectivity index (χ1) is 10.0. The number of Topliss-reactive ketones (excluding diaryl/α,β-unsaturated/α-hetero) is 1. The van der Waals surface area contributed by atoms with Gasteiger partial charge in [-0.3, -0.25) is 4.79 Å². The first-order valence-electron chi connectivity index (χ1n) is 7.15. The van der Waals surface area contributed by atoms with E-state index in [4.69, 9.17) is 10.5 Å². The number of benzene rings is 2. The maximum atomic E-state index is 12.7. The van der Waals surface area contributed by atoms with Crippen LogP contribution in [-0.4, -0.2) is 11.9 Å². The van der Waals surface area contributed by atoms with Crippen LogP contribution in [0.5, 0.6) is 5.75 Å². The monoisotopic (exact) mass is 283 g/mol. The second-order valence-corrected chi connectivity index (χ2v) is 5.27. The number of carbonyl (C=O) groups is 1. The molecule has 0 bridgehead atoms. The SMILES string of the molecule is CCC(Oc1cccc(N)c1)C(=O)c1cc(C)ccc1C. The Morgan fingerprint density at radius 1 is 1.19 bits per heavy atom. The number of nitrogens with two attached hydrogens (primary N) is 1. The van der Waals surface area contributed by atoms with Crippen molar-refractivity contribution in [3.05, 3.63) is 59.2 Å². The van der Waals surface area contributed by atoms with Crippen LogP contribution in [0.4, 0.5) is 5.69 Å². The van der Waals surface area contributed by atoms with E-state index in [1.54, 1.807) is 12.1 Å². The zero-order chi connectivity index (χ0) is 15.4. The summed E-state index contributed by atoms with van der Waals surface area (Å²) in [6.45, 7) is 5.87.